The lowest BCUT2D eigenvalue weighted by Gasteiger charge is -2.21. The van der Waals surface area contributed by atoms with Crippen molar-refractivity contribution in [3.8, 4) is 0 Å². The van der Waals surface area contributed by atoms with Crippen LogP contribution in [0.4, 0.5) is 4.39 Å². The van der Waals surface area contributed by atoms with Crippen LogP contribution in [0.5, 0.6) is 0 Å². The smallest absolute Gasteiger partial charge is 0.254 e. The first kappa shape index (κ1) is 17.9. The Hall–Kier alpha value is -2.95. The molecule has 1 heterocycles. The summed E-state index contributed by atoms with van der Waals surface area (Å²) in [6.07, 6.45) is 3.68. The van der Waals surface area contributed by atoms with Crippen LogP contribution in [0.1, 0.15) is 34.2 Å². The predicted octanol–water partition coefficient (Wildman–Crippen LogP) is 4.04. The van der Waals surface area contributed by atoms with Crippen LogP contribution in [0.25, 0.3) is 0 Å². The number of nitrogens with zero attached hydrogens (tertiary/aromatic N) is 3. The summed E-state index contributed by atoms with van der Waals surface area (Å²) >= 11 is 0. The minimum absolute atomic E-state index is 0.127. The summed E-state index contributed by atoms with van der Waals surface area (Å²) in [6, 6.07) is 13.9. The van der Waals surface area contributed by atoms with Gasteiger partial charge in [-0.1, -0.05) is 24.3 Å². The number of benzene rings is 2. The Balaban J connectivity index is 1.77. The third-order valence-electron chi connectivity index (χ3n) is 4.50. The Morgan fingerprint density at radius 2 is 1.88 bits per heavy atom. The largest absolute Gasteiger partial charge is 0.331 e. The van der Waals surface area contributed by atoms with Gasteiger partial charge in [-0.15, -0.1) is 0 Å². The number of imidazole rings is 1. The minimum atomic E-state index is -0.349. The zero-order valence-corrected chi connectivity index (χ0v) is 15.0. The fourth-order valence-electron chi connectivity index (χ4n) is 2.88. The average molecular weight is 351 g/mol. The predicted molar refractivity (Wildman–Crippen MR) is 99.3 cm³/mol. The van der Waals surface area contributed by atoms with E-state index in [1.807, 2.05) is 25.3 Å². The molecule has 134 valence electrons. The standard InChI is InChI=1S/C21H22FN3O/c1-3-24(21(26)17-8-10-19(22)11-9-17)15-20-23-12-13-25(20)14-18-7-5-4-6-16(18)2/h4-13H,3,14-15H2,1-2H3. The summed E-state index contributed by atoms with van der Waals surface area (Å²) in [5.41, 5.74) is 2.92. The maximum atomic E-state index is 13.1. The van der Waals surface area contributed by atoms with E-state index in [1.165, 1.54) is 35.4 Å². The van der Waals surface area contributed by atoms with Gasteiger partial charge in [0, 0.05) is 31.0 Å². The van der Waals surface area contributed by atoms with Crippen molar-refractivity contribution in [3.63, 3.8) is 0 Å². The van der Waals surface area contributed by atoms with Crippen LogP contribution in [0.15, 0.2) is 60.9 Å². The summed E-state index contributed by atoms with van der Waals surface area (Å²) in [7, 11) is 0. The van der Waals surface area contributed by atoms with Crippen molar-refractivity contribution in [2.24, 2.45) is 0 Å². The molecule has 0 radical (unpaired) electrons. The van der Waals surface area contributed by atoms with E-state index in [2.05, 4.69) is 28.6 Å². The van der Waals surface area contributed by atoms with Gasteiger partial charge in [0.15, 0.2) is 0 Å². The van der Waals surface area contributed by atoms with Crippen LogP contribution < -0.4 is 0 Å². The maximum Gasteiger partial charge on any atom is 0.254 e. The first-order chi connectivity index (χ1) is 12.6. The van der Waals surface area contributed by atoms with E-state index in [4.69, 9.17) is 0 Å². The van der Waals surface area contributed by atoms with Crippen LogP contribution in [-0.2, 0) is 13.1 Å². The lowest BCUT2D eigenvalue weighted by molar-refractivity contribution is 0.0747. The van der Waals surface area contributed by atoms with Crippen molar-refractivity contribution in [1.82, 2.24) is 14.5 Å². The number of amides is 1. The number of aryl methyl sites for hydroxylation is 1. The molecule has 0 aliphatic rings. The third kappa shape index (κ3) is 3.99. The number of halogens is 1. The van der Waals surface area contributed by atoms with Crippen molar-refractivity contribution in [2.45, 2.75) is 26.9 Å². The molecular weight excluding hydrogens is 329 g/mol. The highest BCUT2D eigenvalue weighted by Crippen LogP contribution is 2.14. The van der Waals surface area contributed by atoms with Crippen molar-refractivity contribution < 1.29 is 9.18 Å². The number of hydrogen-bond donors (Lipinski definition) is 0. The van der Waals surface area contributed by atoms with E-state index in [0.717, 1.165) is 5.82 Å². The van der Waals surface area contributed by atoms with E-state index in [9.17, 15) is 9.18 Å². The van der Waals surface area contributed by atoms with Gasteiger partial charge in [-0.05, 0) is 49.2 Å². The fraction of sp³-hybridized carbons (Fsp3) is 0.238. The summed E-state index contributed by atoms with van der Waals surface area (Å²) in [5, 5.41) is 0. The SMILES string of the molecule is CCN(Cc1nccn1Cc1ccccc1C)C(=O)c1ccc(F)cc1. The van der Waals surface area contributed by atoms with Gasteiger partial charge in [-0.3, -0.25) is 4.79 Å². The molecule has 0 unspecified atom stereocenters. The number of hydrogen-bond acceptors (Lipinski definition) is 2. The number of carbonyl (C=O) groups excluding carboxylic acids is 1. The topological polar surface area (TPSA) is 38.1 Å². The molecule has 0 bridgehead atoms. The van der Waals surface area contributed by atoms with Crippen LogP contribution in [-0.4, -0.2) is 26.9 Å². The second-order valence-corrected chi connectivity index (χ2v) is 6.22. The highest BCUT2D eigenvalue weighted by atomic mass is 19.1. The molecule has 3 aromatic rings. The molecule has 0 saturated carbocycles. The van der Waals surface area contributed by atoms with Crippen LogP contribution >= 0.6 is 0 Å². The summed E-state index contributed by atoms with van der Waals surface area (Å²) in [5.74, 6) is 0.349. The monoisotopic (exact) mass is 351 g/mol. The molecule has 2 aromatic carbocycles. The number of rotatable bonds is 6. The third-order valence-corrected chi connectivity index (χ3v) is 4.50. The van der Waals surface area contributed by atoms with E-state index in [0.29, 0.717) is 25.2 Å². The number of carbonyl (C=O) groups is 1. The first-order valence-electron chi connectivity index (χ1n) is 8.68. The molecule has 1 amide bonds. The van der Waals surface area contributed by atoms with E-state index in [-0.39, 0.29) is 11.7 Å². The molecule has 4 nitrogen and oxygen atoms in total. The maximum absolute atomic E-state index is 13.1. The van der Waals surface area contributed by atoms with Crippen LogP contribution in [0.3, 0.4) is 0 Å². The molecule has 0 aliphatic carbocycles. The first-order valence-corrected chi connectivity index (χ1v) is 8.68. The molecule has 0 fully saturated rings. The molecule has 1 aromatic heterocycles. The molecule has 5 heteroatoms. The van der Waals surface area contributed by atoms with Crippen LogP contribution in [0, 0.1) is 12.7 Å². The van der Waals surface area contributed by atoms with E-state index < -0.39 is 0 Å². The molecule has 0 saturated heterocycles. The molecule has 26 heavy (non-hydrogen) atoms. The Bertz CT molecular complexity index is 886. The van der Waals surface area contributed by atoms with Gasteiger partial charge in [0.2, 0.25) is 0 Å². The summed E-state index contributed by atoms with van der Waals surface area (Å²) in [6.45, 7) is 5.68. The molecule has 0 N–H and O–H groups in total. The van der Waals surface area contributed by atoms with Gasteiger partial charge in [0.1, 0.15) is 11.6 Å². The van der Waals surface area contributed by atoms with Gasteiger partial charge in [0.25, 0.3) is 5.91 Å². The molecular formula is C21H22FN3O. The second-order valence-electron chi connectivity index (χ2n) is 6.22. The number of aromatic nitrogens is 2. The van der Waals surface area contributed by atoms with Gasteiger partial charge in [0.05, 0.1) is 6.54 Å². The Morgan fingerprint density at radius 1 is 1.15 bits per heavy atom. The van der Waals surface area contributed by atoms with Gasteiger partial charge in [-0.2, -0.15) is 0 Å². The molecule has 0 spiro atoms. The van der Waals surface area contributed by atoms with E-state index >= 15 is 0 Å². The van der Waals surface area contributed by atoms with Crippen molar-refractivity contribution >= 4 is 5.91 Å². The van der Waals surface area contributed by atoms with Crippen molar-refractivity contribution in [2.75, 3.05) is 6.54 Å². The highest BCUT2D eigenvalue weighted by molar-refractivity contribution is 5.94. The second kappa shape index (κ2) is 7.95. The molecule has 0 atom stereocenters. The highest BCUT2D eigenvalue weighted by Gasteiger charge is 2.17. The van der Waals surface area contributed by atoms with Crippen LogP contribution in [0.2, 0.25) is 0 Å². The van der Waals surface area contributed by atoms with Crippen molar-refractivity contribution in [1.29, 1.82) is 0 Å². The minimum Gasteiger partial charge on any atom is -0.331 e. The summed E-state index contributed by atoms with van der Waals surface area (Å²) < 4.78 is 15.2. The van der Waals surface area contributed by atoms with E-state index in [1.54, 1.807) is 11.1 Å². The zero-order chi connectivity index (χ0) is 18.5. The van der Waals surface area contributed by atoms with Gasteiger partial charge in [-0.25, -0.2) is 9.37 Å². The van der Waals surface area contributed by atoms with Gasteiger partial charge >= 0.3 is 0 Å². The lowest BCUT2D eigenvalue weighted by Crippen LogP contribution is -2.31. The quantitative estimate of drug-likeness (QED) is 0.672. The normalized spacial score (nSPS) is 10.7. The summed E-state index contributed by atoms with van der Waals surface area (Å²) in [4.78, 5) is 18.8. The fourth-order valence-corrected chi connectivity index (χ4v) is 2.88. The Labute approximate surface area is 152 Å². The average Bonchev–Trinajstić information content (AvgIpc) is 3.08. The van der Waals surface area contributed by atoms with Gasteiger partial charge < -0.3 is 9.47 Å². The zero-order valence-electron chi connectivity index (χ0n) is 15.0. The Morgan fingerprint density at radius 3 is 2.58 bits per heavy atom. The molecule has 0 aliphatic heterocycles. The Kier molecular flexibility index (Phi) is 5.46. The van der Waals surface area contributed by atoms with Crippen molar-refractivity contribution in [3.05, 3.63) is 89.3 Å². The lowest BCUT2D eigenvalue weighted by atomic mass is 10.1. The molecule has 3 rings (SSSR count).